The van der Waals surface area contributed by atoms with Crippen molar-refractivity contribution >= 4 is 0 Å². The normalized spacial score (nSPS) is 11.8. The fourth-order valence-corrected chi connectivity index (χ4v) is 0.738. The summed E-state index contributed by atoms with van der Waals surface area (Å²) >= 11 is 0. The first-order valence-electron chi connectivity index (χ1n) is 2.99. The maximum atomic E-state index is 12.5. The molecule has 0 atom stereocenters. The fraction of sp³-hybridized carbons (Fsp3) is 0.143. The molecule has 0 spiro atoms. The number of hydrogen-bond donors (Lipinski definition) is 0. The standard InChI is InChI=1S/C7H4F4N/c8-4-1-2-6(9)5(3-4)7(10,11)12/h1-3,12H/q-1. The van der Waals surface area contributed by atoms with Crippen molar-refractivity contribution in [3.63, 3.8) is 0 Å². The van der Waals surface area contributed by atoms with Gasteiger partial charge in [0.2, 0.25) is 0 Å². The van der Waals surface area contributed by atoms with Gasteiger partial charge in [0.1, 0.15) is 11.6 Å². The van der Waals surface area contributed by atoms with Gasteiger partial charge in [-0.2, -0.15) is 0 Å². The van der Waals surface area contributed by atoms with Crippen molar-refractivity contribution in [3.8, 4) is 0 Å². The number of halogens is 4. The third-order valence-electron chi connectivity index (χ3n) is 1.27. The minimum atomic E-state index is -4.09. The lowest BCUT2D eigenvalue weighted by molar-refractivity contribution is 0.0478. The predicted octanol–water partition coefficient (Wildman–Crippen LogP) is 3.07. The van der Waals surface area contributed by atoms with Crippen molar-refractivity contribution in [1.82, 2.24) is 0 Å². The summed E-state index contributed by atoms with van der Waals surface area (Å²) in [6, 6.07) is -2.51. The number of benzene rings is 1. The lowest BCUT2D eigenvalue weighted by Gasteiger charge is -2.19. The Morgan fingerprint density at radius 1 is 1.17 bits per heavy atom. The molecular formula is C7H4F4N-. The van der Waals surface area contributed by atoms with Gasteiger partial charge in [0.15, 0.2) is 6.05 Å². The van der Waals surface area contributed by atoms with Gasteiger partial charge >= 0.3 is 0 Å². The highest BCUT2D eigenvalue weighted by Crippen LogP contribution is 2.30. The van der Waals surface area contributed by atoms with Crippen LogP contribution < -0.4 is 0 Å². The Morgan fingerprint density at radius 3 is 2.17 bits per heavy atom. The van der Waals surface area contributed by atoms with Gasteiger partial charge < -0.3 is 5.73 Å². The maximum Gasteiger partial charge on any atom is 0.197 e. The summed E-state index contributed by atoms with van der Waals surface area (Å²) in [4.78, 5) is 0. The Hall–Kier alpha value is -1.10. The van der Waals surface area contributed by atoms with Crippen LogP contribution in [0.3, 0.4) is 0 Å². The van der Waals surface area contributed by atoms with Gasteiger partial charge in [-0.3, -0.25) is 0 Å². The Bertz CT molecular complexity index is 292. The molecule has 1 aromatic rings. The summed E-state index contributed by atoms with van der Waals surface area (Å²) in [7, 11) is 0. The Kier molecular flexibility index (Phi) is 2.06. The van der Waals surface area contributed by atoms with Crippen LogP contribution in [0.1, 0.15) is 5.56 Å². The zero-order chi connectivity index (χ0) is 9.35. The second kappa shape index (κ2) is 2.75. The molecule has 1 nitrogen and oxygen atoms in total. The molecule has 0 heterocycles. The minimum Gasteiger partial charge on any atom is -0.611 e. The maximum absolute atomic E-state index is 12.5. The molecule has 0 fully saturated rings. The van der Waals surface area contributed by atoms with Crippen LogP contribution in [0.5, 0.6) is 0 Å². The third kappa shape index (κ3) is 1.73. The summed E-state index contributed by atoms with van der Waals surface area (Å²) in [6.07, 6.45) is 0. The van der Waals surface area contributed by atoms with E-state index in [0.29, 0.717) is 18.2 Å². The molecule has 0 bridgehead atoms. The molecule has 0 radical (unpaired) electrons. The van der Waals surface area contributed by atoms with E-state index in [-0.39, 0.29) is 0 Å². The lowest BCUT2D eigenvalue weighted by atomic mass is 10.2. The van der Waals surface area contributed by atoms with E-state index in [9.17, 15) is 17.6 Å². The van der Waals surface area contributed by atoms with Crippen molar-refractivity contribution in [2.75, 3.05) is 0 Å². The van der Waals surface area contributed by atoms with Crippen LogP contribution in [-0.4, -0.2) is 0 Å². The molecule has 1 N–H and O–H groups in total. The molecule has 66 valence electrons. The smallest absolute Gasteiger partial charge is 0.197 e. The minimum absolute atomic E-state index is 0.308. The van der Waals surface area contributed by atoms with E-state index in [4.69, 9.17) is 5.73 Å². The van der Waals surface area contributed by atoms with Crippen LogP contribution in [0.2, 0.25) is 0 Å². The Morgan fingerprint density at radius 2 is 1.75 bits per heavy atom. The second-order valence-corrected chi connectivity index (χ2v) is 2.20. The largest absolute Gasteiger partial charge is 0.611 e. The van der Waals surface area contributed by atoms with Gasteiger partial charge in [0.05, 0.1) is 0 Å². The zero-order valence-corrected chi connectivity index (χ0v) is 5.74. The molecule has 0 aliphatic heterocycles. The quantitative estimate of drug-likeness (QED) is 0.466. The average Bonchev–Trinajstić information content (AvgIpc) is 1.92. The molecule has 0 aliphatic rings. The van der Waals surface area contributed by atoms with Crippen LogP contribution in [-0.2, 0) is 6.05 Å². The van der Waals surface area contributed by atoms with E-state index in [1.54, 1.807) is 0 Å². The van der Waals surface area contributed by atoms with E-state index in [1.165, 1.54) is 0 Å². The fourth-order valence-electron chi connectivity index (χ4n) is 0.738. The molecule has 0 amide bonds. The molecule has 0 aliphatic carbocycles. The topological polar surface area (TPSA) is 23.8 Å². The molecule has 0 unspecified atom stereocenters. The predicted molar refractivity (Wildman–Crippen MR) is 34.6 cm³/mol. The molecular weight excluding hydrogens is 174 g/mol. The Balaban J connectivity index is 3.23. The molecule has 0 saturated heterocycles. The highest BCUT2D eigenvalue weighted by atomic mass is 19.3. The van der Waals surface area contributed by atoms with E-state index in [1.807, 2.05) is 0 Å². The van der Waals surface area contributed by atoms with Gasteiger partial charge in [0, 0.05) is 5.56 Å². The molecule has 1 rings (SSSR count). The molecule has 0 aromatic heterocycles. The lowest BCUT2D eigenvalue weighted by Crippen LogP contribution is -2.09. The van der Waals surface area contributed by atoms with Crippen molar-refractivity contribution in [3.05, 3.63) is 41.1 Å². The van der Waals surface area contributed by atoms with Crippen LogP contribution >= 0.6 is 0 Å². The van der Waals surface area contributed by atoms with Gasteiger partial charge in [-0.05, 0) is 18.2 Å². The van der Waals surface area contributed by atoms with Gasteiger partial charge in [-0.1, -0.05) is 0 Å². The summed E-state index contributed by atoms with van der Waals surface area (Å²) < 4.78 is 49.1. The van der Waals surface area contributed by atoms with E-state index < -0.39 is 23.2 Å². The summed E-state index contributed by atoms with van der Waals surface area (Å²) in [6.45, 7) is 0. The number of alkyl halides is 2. The van der Waals surface area contributed by atoms with Crippen LogP contribution in [0.4, 0.5) is 17.6 Å². The monoisotopic (exact) mass is 178 g/mol. The van der Waals surface area contributed by atoms with Crippen LogP contribution in [0.15, 0.2) is 18.2 Å². The highest BCUT2D eigenvalue weighted by molar-refractivity contribution is 5.24. The van der Waals surface area contributed by atoms with E-state index in [0.717, 1.165) is 0 Å². The first-order chi connectivity index (χ1) is 5.41. The van der Waals surface area contributed by atoms with Crippen molar-refractivity contribution in [2.24, 2.45) is 0 Å². The van der Waals surface area contributed by atoms with Gasteiger partial charge in [-0.15, -0.1) is 0 Å². The average molecular weight is 178 g/mol. The molecule has 12 heavy (non-hydrogen) atoms. The second-order valence-electron chi connectivity index (χ2n) is 2.20. The number of hydrogen-bond acceptors (Lipinski definition) is 0. The summed E-state index contributed by atoms with van der Waals surface area (Å²) in [5, 5.41) is 0. The highest BCUT2D eigenvalue weighted by Gasteiger charge is 2.21. The number of nitrogens with one attached hydrogen (secondary N) is 1. The molecule has 1 aromatic carbocycles. The first-order valence-corrected chi connectivity index (χ1v) is 2.99. The SMILES string of the molecule is [NH-]C(F)(F)c1cc(F)ccc1F. The van der Waals surface area contributed by atoms with Gasteiger partial charge in [-0.25, -0.2) is 17.6 Å². The number of rotatable bonds is 1. The Labute approximate surface area is 65.8 Å². The van der Waals surface area contributed by atoms with E-state index >= 15 is 0 Å². The van der Waals surface area contributed by atoms with Crippen LogP contribution in [0.25, 0.3) is 5.73 Å². The summed E-state index contributed by atoms with van der Waals surface area (Å²) in [5.41, 5.74) is 4.92. The molecule has 5 heteroatoms. The zero-order valence-electron chi connectivity index (χ0n) is 5.74. The van der Waals surface area contributed by atoms with Gasteiger partial charge in [0.25, 0.3) is 0 Å². The third-order valence-corrected chi connectivity index (χ3v) is 1.27. The van der Waals surface area contributed by atoms with Crippen molar-refractivity contribution in [1.29, 1.82) is 0 Å². The summed E-state index contributed by atoms with van der Waals surface area (Å²) in [5.74, 6) is -2.27. The van der Waals surface area contributed by atoms with Crippen molar-refractivity contribution in [2.45, 2.75) is 6.05 Å². The van der Waals surface area contributed by atoms with Crippen molar-refractivity contribution < 1.29 is 17.6 Å². The van der Waals surface area contributed by atoms with E-state index in [2.05, 4.69) is 0 Å². The first kappa shape index (κ1) is 8.99. The van der Waals surface area contributed by atoms with Crippen LogP contribution in [0, 0.1) is 11.6 Å². The molecule has 0 saturated carbocycles.